The largest absolute Gasteiger partial charge is 0.456 e. The van der Waals surface area contributed by atoms with E-state index in [0.717, 1.165) is 27.6 Å². The maximum atomic E-state index is 6.14. The molecule has 31 rings (SSSR count). The average molecular weight is 1850 g/mol. The van der Waals surface area contributed by atoms with E-state index in [2.05, 4.69) is 540 Å². The van der Waals surface area contributed by atoms with Gasteiger partial charge in [0.2, 0.25) is 0 Å². The first-order chi connectivity index (χ1) is 71.4. The van der Waals surface area contributed by atoms with Crippen molar-refractivity contribution in [3.05, 3.63) is 520 Å². The second-order valence-corrected chi connectivity index (χ2v) is 40.2. The van der Waals surface area contributed by atoms with Crippen LogP contribution in [-0.4, -0.2) is 27.4 Å². The Hall–Kier alpha value is -18.6. The van der Waals surface area contributed by atoms with E-state index < -0.39 is 0 Å². The predicted molar refractivity (Wildman–Crippen MR) is 610 cm³/mol. The van der Waals surface area contributed by atoms with E-state index in [1.807, 2.05) is 12.1 Å². The van der Waals surface area contributed by atoms with Crippen LogP contribution in [0.1, 0.15) is 49.9 Å². The minimum Gasteiger partial charge on any atom is -0.456 e. The van der Waals surface area contributed by atoms with Gasteiger partial charge in [0, 0.05) is 120 Å². The molecule has 2 aliphatic rings. The van der Waals surface area contributed by atoms with Gasteiger partial charge in [0.1, 0.15) is 11.2 Å². The maximum Gasteiger partial charge on any atom is 0.135 e. The molecule has 7 nitrogen and oxygen atoms in total. The Balaban J connectivity index is 0.000000104. The summed E-state index contributed by atoms with van der Waals surface area (Å²) in [6.07, 6.45) is 0. The molecule has 22 aromatic carbocycles. The van der Waals surface area contributed by atoms with Crippen molar-refractivity contribution in [2.75, 3.05) is 0 Å². The summed E-state index contributed by atoms with van der Waals surface area (Å²) in [5, 5.41) is 17.4. The highest BCUT2D eigenvalue weighted by Gasteiger charge is 2.38. The van der Waals surface area contributed by atoms with Crippen LogP contribution >= 0.6 is 0 Å². The molecule has 0 bridgehead atoms. The van der Waals surface area contributed by atoms with E-state index in [4.69, 9.17) is 4.42 Å². The third-order valence-corrected chi connectivity index (χ3v) is 31.5. The van der Waals surface area contributed by atoms with Gasteiger partial charge in [-0.25, -0.2) is 0 Å². The van der Waals surface area contributed by atoms with Crippen molar-refractivity contribution in [2.45, 2.75) is 38.5 Å². The topological polar surface area (TPSA) is 42.7 Å². The molecule has 0 amide bonds. The van der Waals surface area contributed by atoms with Crippen LogP contribution in [0.25, 0.3) is 254 Å². The fourth-order valence-electron chi connectivity index (χ4n) is 24.7. The standard InChI is InChI=1S/C51H36N2.C45H32N2.C42H26N2O/c1-51(2)45-20-9-6-17-39(45)40-26-23-36(32-46(40)51)33-13-12-16-38(29-33)53-48-22-11-8-19-42(48)44-31-35(25-28-50(44)53)34-24-27-49-43(30-34)41-18-7-10-21-47(41)52(49)37-14-4-3-5-15-37;1-45(2)39-17-9-6-14-33(39)36-28-32(22-23-40(36)45)47-42-19-11-8-16-35(42)38-27-30(21-25-44(38)47)29-20-24-43-37(26-29)34-15-7-10-18-41(34)46(43)31-12-4-3-5-13-31;1-2-10-29(11-3-1)43-37-15-7-4-12-31(37)34-24-27(18-21-39(34)43)28-19-22-40-35(25-28)32-13-5-8-16-38(32)44(40)30-20-23-42-36(26-30)33-14-6-9-17-41(33)45-42/h3-32H,1-2H3;3-28H,1-2H3;1-26H. The van der Waals surface area contributed by atoms with Gasteiger partial charge in [-0.2, -0.15) is 0 Å². The van der Waals surface area contributed by atoms with Crippen LogP contribution in [0.3, 0.4) is 0 Å². The quantitative estimate of drug-likeness (QED) is 0.135. The summed E-state index contributed by atoms with van der Waals surface area (Å²) in [7, 11) is 0. The number of furan rings is 1. The number of para-hydroxylation sites is 10. The molecule has 0 unspecified atom stereocenters. The first kappa shape index (κ1) is 83.4. The van der Waals surface area contributed by atoms with Gasteiger partial charge >= 0.3 is 0 Å². The molecule has 7 aromatic heterocycles. The van der Waals surface area contributed by atoms with E-state index in [9.17, 15) is 0 Å². The average Bonchev–Trinajstić information content (AvgIpc) is 1.57. The monoisotopic (exact) mass is 1850 g/mol. The molecule has 0 saturated heterocycles. The third kappa shape index (κ3) is 13.0. The first-order valence-electron chi connectivity index (χ1n) is 50.3. The van der Waals surface area contributed by atoms with E-state index in [-0.39, 0.29) is 10.8 Å². The van der Waals surface area contributed by atoms with Crippen molar-refractivity contribution in [1.29, 1.82) is 0 Å². The number of benzene rings is 22. The Labute approximate surface area is 837 Å². The van der Waals surface area contributed by atoms with Crippen LogP contribution < -0.4 is 0 Å². The van der Waals surface area contributed by atoms with Crippen LogP contribution in [0.2, 0.25) is 0 Å². The molecule has 0 N–H and O–H groups in total. The van der Waals surface area contributed by atoms with Gasteiger partial charge < -0.3 is 31.8 Å². The van der Waals surface area contributed by atoms with Crippen molar-refractivity contribution < 1.29 is 4.42 Å². The fourth-order valence-corrected chi connectivity index (χ4v) is 24.7. The van der Waals surface area contributed by atoms with Gasteiger partial charge in [0.05, 0.1) is 66.2 Å². The number of hydrogen-bond donors (Lipinski definition) is 0. The molecule has 7 heterocycles. The zero-order valence-corrected chi connectivity index (χ0v) is 80.4. The van der Waals surface area contributed by atoms with Crippen molar-refractivity contribution >= 4 is 153 Å². The maximum absolute atomic E-state index is 6.14. The van der Waals surface area contributed by atoms with E-state index in [0.29, 0.717) is 0 Å². The lowest BCUT2D eigenvalue weighted by Gasteiger charge is -2.22. The molecule has 0 aliphatic heterocycles. The van der Waals surface area contributed by atoms with E-state index >= 15 is 0 Å². The minimum absolute atomic E-state index is 0.00527. The molecule has 0 atom stereocenters. The molecular weight excluding hydrogens is 1760 g/mol. The molecule has 0 radical (unpaired) electrons. The zero-order valence-electron chi connectivity index (χ0n) is 80.4. The number of hydrogen-bond acceptors (Lipinski definition) is 1. The summed E-state index contributed by atoms with van der Waals surface area (Å²) in [5.41, 5.74) is 44.2. The van der Waals surface area contributed by atoms with Gasteiger partial charge in [-0.05, 0) is 289 Å². The Morgan fingerprint density at radius 1 is 0.138 bits per heavy atom. The number of fused-ring (bicyclic) bond motifs is 27. The lowest BCUT2D eigenvalue weighted by Crippen LogP contribution is -2.14. The molecule has 0 fully saturated rings. The van der Waals surface area contributed by atoms with Gasteiger partial charge in [-0.1, -0.05) is 325 Å². The SMILES string of the molecule is CC1(C)c2ccccc2-c2cc(-n3c4ccccc4c4cc(-c5ccc6c(c5)c5ccccc5n6-c5ccccc5)ccc43)ccc21.CC1(C)c2ccccc2-c2ccc(-c3cccc(-n4c5ccccc5c5cc(-c6ccc7c(c6)c6ccccc6n7-c6ccccc6)ccc54)c3)cc21.c1ccc(-n2c3ccccc3c3cc(-c4ccc5c(c4)c4ccccc4n5-c4ccc5oc6ccccc6c5c4)ccc32)cc1. The fraction of sp³-hybridized carbons (Fsp3) is 0.0435. The first-order valence-corrected chi connectivity index (χ1v) is 50.3. The molecule has 2 aliphatic carbocycles. The van der Waals surface area contributed by atoms with Crippen LogP contribution in [0, 0.1) is 0 Å². The second kappa shape index (κ2) is 32.5. The van der Waals surface area contributed by atoms with Crippen molar-refractivity contribution in [3.63, 3.8) is 0 Å². The van der Waals surface area contributed by atoms with Crippen LogP contribution in [0.15, 0.2) is 502 Å². The molecule has 145 heavy (non-hydrogen) atoms. The number of rotatable bonds is 10. The Morgan fingerprint density at radius 3 is 0.786 bits per heavy atom. The summed E-state index contributed by atoms with van der Waals surface area (Å²) < 4.78 is 20.5. The van der Waals surface area contributed by atoms with Crippen LogP contribution in [0.5, 0.6) is 0 Å². The Morgan fingerprint density at radius 2 is 0.393 bits per heavy atom. The summed E-state index contributed by atoms with van der Waals surface area (Å²) in [4.78, 5) is 0. The lowest BCUT2D eigenvalue weighted by molar-refractivity contribution is 0.660. The molecule has 682 valence electrons. The molecule has 7 heteroatoms. The Bertz CT molecular complexity index is 10400. The van der Waals surface area contributed by atoms with Crippen molar-refractivity contribution in [2.24, 2.45) is 0 Å². The van der Waals surface area contributed by atoms with Gasteiger partial charge in [0.15, 0.2) is 0 Å². The highest BCUT2D eigenvalue weighted by Crippen LogP contribution is 2.53. The highest BCUT2D eigenvalue weighted by molar-refractivity contribution is 6.18. The lowest BCUT2D eigenvalue weighted by atomic mass is 9.81. The minimum atomic E-state index is -0.0341. The molecule has 0 spiro atoms. The summed E-state index contributed by atoms with van der Waals surface area (Å²) in [6, 6.07) is 182. The zero-order chi connectivity index (χ0) is 96.0. The van der Waals surface area contributed by atoms with E-state index in [1.54, 1.807) is 0 Å². The summed E-state index contributed by atoms with van der Waals surface area (Å²) in [5.74, 6) is 0. The summed E-state index contributed by atoms with van der Waals surface area (Å²) >= 11 is 0. The van der Waals surface area contributed by atoms with Crippen molar-refractivity contribution in [3.8, 4) is 101 Å². The smallest absolute Gasteiger partial charge is 0.135 e. The van der Waals surface area contributed by atoms with Crippen molar-refractivity contribution in [1.82, 2.24) is 27.4 Å². The number of aromatic nitrogens is 6. The molecular formula is C138H94N6O. The third-order valence-electron chi connectivity index (χ3n) is 31.5. The van der Waals surface area contributed by atoms with E-state index in [1.165, 1.54) is 248 Å². The van der Waals surface area contributed by atoms with Gasteiger partial charge in [-0.3, -0.25) is 0 Å². The Kier molecular flexibility index (Phi) is 18.7. The highest BCUT2D eigenvalue weighted by atomic mass is 16.3. The number of nitrogens with zero attached hydrogens (tertiary/aromatic N) is 6. The van der Waals surface area contributed by atoms with Gasteiger partial charge in [-0.15, -0.1) is 0 Å². The van der Waals surface area contributed by atoms with Crippen LogP contribution in [-0.2, 0) is 10.8 Å². The molecule has 0 saturated carbocycles. The second-order valence-electron chi connectivity index (χ2n) is 40.2. The normalized spacial score (nSPS) is 12.9. The van der Waals surface area contributed by atoms with Gasteiger partial charge in [0.25, 0.3) is 0 Å². The summed E-state index contributed by atoms with van der Waals surface area (Å²) in [6.45, 7) is 9.39. The van der Waals surface area contributed by atoms with Crippen LogP contribution in [0.4, 0.5) is 0 Å². The molecule has 29 aromatic rings. The predicted octanol–water partition coefficient (Wildman–Crippen LogP) is 36.8.